The van der Waals surface area contributed by atoms with Crippen LogP contribution in [0.15, 0.2) is 30.3 Å². The minimum Gasteiger partial charge on any atom is -0.494 e. The highest BCUT2D eigenvalue weighted by atomic mass is 16.5. The molecule has 0 N–H and O–H groups in total. The highest BCUT2D eigenvalue weighted by Gasteiger charge is 2.13. The Morgan fingerprint density at radius 1 is 1.07 bits per heavy atom. The Bertz CT molecular complexity index is 597. The molecule has 0 aliphatic carbocycles. The Hall–Kier alpha value is -2.34. The zero-order valence-electron chi connectivity index (χ0n) is 16.9. The van der Waals surface area contributed by atoms with Gasteiger partial charge in [0.15, 0.2) is 0 Å². The number of esters is 1. The molecule has 6 heteroatoms. The molecule has 0 saturated carbocycles. The fraction of sp³-hybridized carbons (Fsp3) is 0.524. The number of rotatable bonds is 12. The molecule has 0 radical (unpaired) electrons. The van der Waals surface area contributed by atoms with E-state index in [2.05, 4.69) is 16.6 Å². The van der Waals surface area contributed by atoms with Crippen molar-refractivity contribution in [3.05, 3.63) is 35.9 Å². The maximum absolute atomic E-state index is 12.6. The first-order valence-corrected chi connectivity index (χ1v) is 9.37. The van der Waals surface area contributed by atoms with Gasteiger partial charge in [0.2, 0.25) is 5.91 Å². The molecule has 0 spiro atoms. The van der Waals surface area contributed by atoms with Crippen LogP contribution in [-0.4, -0.2) is 69.1 Å². The molecular formula is C21H32N2O4. The van der Waals surface area contributed by atoms with E-state index in [9.17, 15) is 9.59 Å². The van der Waals surface area contributed by atoms with Crippen LogP contribution in [0.4, 0.5) is 0 Å². The summed E-state index contributed by atoms with van der Waals surface area (Å²) in [6.07, 6.45) is 5.34. The van der Waals surface area contributed by atoms with Crippen molar-refractivity contribution in [3.8, 4) is 5.75 Å². The van der Waals surface area contributed by atoms with E-state index >= 15 is 0 Å². The molecule has 1 rings (SSSR count). The predicted octanol–water partition coefficient (Wildman–Crippen LogP) is 2.83. The molecule has 1 aromatic carbocycles. The minimum absolute atomic E-state index is 0.107. The Morgan fingerprint density at radius 2 is 1.78 bits per heavy atom. The number of carbonyl (C=O) groups is 2. The van der Waals surface area contributed by atoms with E-state index < -0.39 is 0 Å². The molecule has 0 bridgehead atoms. The second kappa shape index (κ2) is 12.9. The van der Waals surface area contributed by atoms with Crippen LogP contribution in [0.25, 0.3) is 6.08 Å². The van der Waals surface area contributed by atoms with Gasteiger partial charge in [0.1, 0.15) is 5.75 Å². The van der Waals surface area contributed by atoms with Gasteiger partial charge in [-0.2, -0.15) is 0 Å². The van der Waals surface area contributed by atoms with Crippen molar-refractivity contribution < 1.29 is 19.1 Å². The van der Waals surface area contributed by atoms with Crippen molar-refractivity contribution in [1.82, 2.24) is 9.80 Å². The standard InChI is InChI=1S/C21H32N2O4/c1-5-17-27-19-10-7-18(8-11-19)9-12-20(24)23(15-6-14-22(2)3)16-13-21(25)26-4/h7-12H,5-6,13-17H2,1-4H3/b12-9+. The van der Waals surface area contributed by atoms with Gasteiger partial charge < -0.3 is 19.3 Å². The number of methoxy groups -OCH3 is 1. The zero-order valence-corrected chi connectivity index (χ0v) is 16.9. The van der Waals surface area contributed by atoms with Gasteiger partial charge in [-0.05, 0) is 57.3 Å². The first-order chi connectivity index (χ1) is 13.0. The monoisotopic (exact) mass is 376 g/mol. The summed E-state index contributed by atoms with van der Waals surface area (Å²) in [7, 11) is 5.34. The molecule has 1 aromatic rings. The summed E-state index contributed by atoms with van der Waals surface area (Å²) in [4.78, 5) is 27.7. The third-order valence-corrected chi connectivity index (χ3v) is 3.93. The van der Waals surface area contributed by atoms with E-state index in [4.69, 9.17) is 4.74 Å². The molecule has 0 atom stereocenters. The molecule has 0 aliphatic rings. The van der Waals surface area contributed by atoms with E-state index in [0.29, 0.717) is 19.7 Å². The lowest BCUT2D eigenvalue weighted by Crippen LogP contribution is -2.34. The molecule has 0 fully saturated rings. The van der Waals surface area contributed by atoms with E-state index in [1.165, 1.54) is 7.11 Å². The second-order valence-corrected chi connectivity index (χ2v) is 6.56. The van der Waals surface area contributed by atoms with Gasteiger partial charge in [0.25, 0.3) is 0 Å². The van der Waals surface area contributed by atoms with Crippen LogP contribution in [0, 0.1) is 0 Å². The molecule has 6 nitrogen and oxygen atoms in total. The lowest BCUT2D eigenvalue weighted by Gasteiger charge is -2.21. The maximum atomic E-state index is 12.6. The van der Waals surface area contributed by atoms with Gasteiger partial charge in [0, 0.05) is 19.2 Å². The molecular weight excluding hydrogens is 344 g/mol. The number of amides is 1. The highest BCUT2D eigenvalue weighted by Crippen LogP contribution is 2.13. The van der Waals surface area contributed by atoms with E-state index in [0.717, 1.165) is 30.7 Å². The Morgan fingerprint density at radius 3 is 2.37 bits per heavy atom. The first-order valence-electron chi connectivity index (χ1n) is 9.37. The van der Waals surface area contributed by atoms with Gasteiger partial charge in [-0.1, -0.05) is 19.1 Å². The third kappa shape index (κ3) is 9.80. The topological polar surface area (TPSA) is 59.1 Å². The van der Waals surface area contributed by atoms with Crippen LogP contribution >= 0.6 is 0 Å². The van der Waals surface area contributed by atoms with Crippen molar-refractivity contribution in [2.45, 2.75) is 26.2 Å². The summed E-state index contributed by atoms with van der Waals surface area (Å²) in [6, 6.07) is 7.62. The summed E-state index contributed by atoms with van der Waals surface area (Å²) >= 11 is 0. The maximum Gasteiger partial charge on any atom is 0.307 e. The zero-order chi connectivity index (χ0) is 20.1. The molecule has 0 aliphatic heterocycles. The minimum atomic E-state index is -0.313. The average Bonchev–Trinajstić information content (AvgIpc) is 2.67. The average molecular weight is 376 g/mol. The van der Waals surface area contributed by atoms with Crippen LogP contribution in [0.3, 0.4) is 0 Å². The lowest BCUT2D eigenvalue weighted by atomic mass is 10.2. The highest BCUT2D eigenvalue weighted by molar-refractivity contribution is 5.92. The Balaban J connectivity index is 2.66. The molecule has 27 heavy (non-hydrogen) atoms. The number of hydrogen-bond donors (Lipinski definition) is 0. The number of ether oxygens (including phenoxy) is 2. The normalized spacial score (nSPS) is 11.0. The number of nitrogens with zero attached hydrogens (tertiary/aromatic N) is 2. The predicted molar refractivity (Wildman–Crippen MR) is 108 cm³/mol. The Labute approximate surface area is 162 Å². The van der Waals surface area contributed by atoms with Crippen LogP contribution in [0.1, 0.15) is 31.7 Å². The van der Waals surface area contributed by atoms with Gasteiger partial charge in [-0.3, -0.25) is 9.59 Å². The fourth-order valence-corrected chi connectivity index (χ4v) is 2.41. The van der Waals surface area contributed by atoms with E-state index in [1.807, 2.05) is 38.4 Å². The summed E-state index contributed by atoms with van der Waals surface area (Å²) < 4.78 is 10.2. The van der Waals surface area contributed by atoms with E-state index in [1.54, 1.807) is 17.1 Å². The van der Waals surface area contributed by atoms with Crippen LogP contribution < -0.4 is 4.74 Å². The van der Waals surface area contributed by atoms with Crippen molar-refractivity contribution >= 4 is 18.0 Å². The SMILES string of the molecule is CCCOc1ccc(/C=C/C(=O)N(CCCN(C)C)CCC(=O)OC)cc1. The van der Waals surface area contributed by atoms with Gasteiger partial charge in [-0.25, -0.2) is 0 Å². The largest absolute Gasteiger partial charge is 0.494 e. The summed E-state index contributed by atoms with van der Waals surface area (Å²) in [5.41, 5.74) is 0.924. The van der Waals surface area contributed by atoms with E-state index in [-0.39, 0.29) is 18.3 Å². The first kappa shape index (κ1) is 22.7. The van der Waals surface area contributed by atoms with Crippen LogP contribution in [-0.2, 0) is 14.3 Å². The number of hydrogen-bond acceptors (Lipinski definition) is 5. The van der Waals surface area contributed by atoms with Crippen molar-refractivity contribution in [3.63, 3.8) is 0 Å². The molecule has 0 heterocycles. The lowest BCUT2D eigenvalue weighted by molar-refractivity contribution is -0.141. The van der Waals surface area contributed by atoms with Crippen molar-refractivity contribution in [2.24, 2.45) is 0 Å². The quantitative estimate of drug-likeness (QED) is 0.415. The molecule has 150 valence electrons. The molecule has 0 aromatic heterocycles. The number of benzene rings is 1. The number of carbonyl (C=O) groups excluding carboxylic acids is 2. The molecule has 1 amide bonds. The van der Waals surface area contributed by atoms with Crippen LogP contribution in [0.2, 0.25) is 0 Å². The van der Waals surface area contributed by atoms with Crippen molar-refractivity contribution in [1.29, 1.82) is 0 Å². The molecule has 0 saturated heterocycles. The van der Waals surface area contributed by atoms with Gasteiger partial charge in [-0.15, -0.1) is 0 Å². The summed E-state index contributed by atoms with van der Waals surface area (Å²) in [6.45, 7) is 4.59. The second-order valence-electron chi connectivity index (χ2n) is 6.56. The molecule has 0 unspecified atom stereocenters. The Kier molecular flexibility index (Phi) is 10.9. The van der Waals surface area contributed by atoms with Gasteiger partial charge >= 0.3 is 5.97 Å². The smallest absolute Gasteiger partial charge is 0.307 e. The summed E-state index contributed by atoms with van der Waals surface area (Å²) in [5, 5.41) is 0. The van der Waals surface area contributed by atoms with Crippen molar-refractivity contribution in [2.75, 3.05) is 47.4 Å². The third-order valence-electron chi connectivity index (χ3n) is 3.93. The van der Waals surface area contributed by atoms with Crippen LogP contribution in [0.5, 0.6) is 5.75 Å². The van der Waals surface area contributed by atoms with Gasteiger partial charge in [0.05, 0.1) is 20.1 Å². The summed E-state index contributed by atoms with van der Waals surface area (Å²) in [5.74, 6) is 0.403. The fourth-order valence-electron chi connectivity index (χ4n) is 2.41.